The van der Waals surface area contributed by atoms with E-state index >= 15 is 0 Å². The molecule has 8 nitrogen and oxygen atoms in total. The van der Waals surface area contributed by atoms with E-state index in [1.807, 2.05) is 37.3 Å². The molecular formula is C25H31N3O5. The molecule has 1 aliphatic rings. The molecule has 3 amide bonds. The summed E-state index contributed by atoms with van der Waals surface area (Å²) in [5.74, 6) is 0.839. The highest BCUT2D eigenvalue weighted by atomic mass is 16.5. The molecule has 1 heterocycles. The zero-order chi connectivity index (χ0) is 23.8. The predicted molar refractivity (Wildman–Crippen MR) is 125 cm³/mol. The summed E-state index contributed by atoms with van der Waals surface area (Å²) in [5.41, 5.74) is 1.64. The normalized spacial score (nSPS) is 14.0. The number of nitrogens with one attached hydrogen (secondary N) is 1. The fourth-order valence-electron chi connectivity index (χ4n) is 3.60. The molecule has 1 saturated heterocycles. The second-order valence-corrected chi connectivity index (χ2v) is 8.07. The first-order chi connectivity index (χ1) is 15.9. The fraction of sp³-hybridized carbons (Fsp3) is 0.400. The van der Waals surface area contributed by atoms with Gasteiger partial charge in [0, 0.05) is 38.3 Å². The molecule has 1 atom stereocenters. The molecule has 1 fully saturated rings. The van der Waals surface area contributed by atoms with Crippen molar-refractivity contribution in [3.05, 3.63) is 54.1 Å². The summed E-state index contributed by atoms with van der Waals surface area (Å²) in [4.78, 5) is 39.5. The molecule has 33 heavy (non-hydrogen) atoms. The van der Waals surface area contributed by atoms with Crippen LogP contribution in [0, 0.1) is 0 Å². The lowest BCUT2D eigenvalue weighted by molar-refractivity contribution is -0.131. The highest BCUT2D eigenvalue weighted by Gasteiger charge is 2.22. The Labute approximate surface area is 194 Å². The second-order valence-electron chi connectivity index (χ2n) is 8.07. The van der Waals surface area contributed by atoms with E-state index in [-0.39, 0.29) is 37.0 Å². The van der Waals surface area contributed by atoms with Crippen LogP contribution in [0.4, 0.5) is 5.69 Å². The Bertz CT molecular complexity index is 974. The number of rotatable bonds is 10. The molecule has 3 rings (SSSR count). The lowest BCUT2D eigenvalue weighted by Crippen LogP contribution is -2.33. The third kappa shape index (κ3) is 6.47. The molecular weight excluding hydrogens is 422 g/mol. The van der Waals surface area contributed by atoms with Gasteiger partial charge in [0.25, 0.3) is 11.8 Å². The summed E-state index contributed by atoms with van der Waals surface area (Å²) in [6, 6.07) is 14.3. The van der Waals surface area contributed by atoms with Gasteiger partial charge in [-0.25, -0.2) is 0 Å². The average molecular weight is 454 g/mol. The SMILES string of the molecule is CCC(NC(=O)COc1ccc(N2CCCC2=O)cc1)c1ccccc1OCC(=O)N(C)C. The molecule has 1 aliphatic heterocycles. The van der Waals surface area contributed by atoms with Crippen LogP contribution in [0.25, 0.3) is 0 Å². The number of carbonyl (C=O) groups excluding carboxylic acids is 3. The van der Waals surface area contributed by atoms with E-state index in [1.165, 1.54) is 4.90 Å². The van der Waals surface area contributed by atoms with Crippen molar-refractivity contribution < 1.29 is 23.9 Å². The molecule has 2 aromatic carbocycles. The summed E-state index contributed by atoms with van der Waals surface area (Å²) < 4.78 is 11.3. The van der Waals surface area contributed by atoms with Gasteiger partial charge in [0.15, 0.2) is 13.2 Å². The van der Waals surface area contributed by atoms with Gasteiger partial charge in [-0.2, -0.15) is 0 Å². The standard InChI is InChI=1S/C25H31N3O5/c1-4-21(20-8-5-6-9-22(20)33-17-25(31)27(2)3)26-23(29)16-32-19-13-11-18(12-14-19)28-15-7-10-24(28)30/h5-6,8-9,11-14,21H,4,7,10,15-17H2,1-3H3,(H,26,29). The number of nitrogens with zero attached hydrogens (tertiary/aromatic N) is 2. The molecule has 0 radical (unpaired) electrons. The largest absolute Gasteiger partial charge is 0.484 e. The minimum absolute atomic E-state index is 0.0729. The third-order valence-electron chi connectivity index (χ3n) is 5.48. The Morgan fingerprint density at radius 2 is 1.79 bits per heavy atom. The smallest absolute Gasteiger partial charge is 0.259 e. The van der Waals surface area contributed by atoms with Crippen molar-refractivity contribution in [2.24, 2.45) is 0 Å². The van der Waals surface area contributed by atoms with Gasteiger partial charge in [-0.3, -0.25) is 14.4 Å². The van der Waals surface area contributed by atoms with Crippen molar-refractivity contribution in [1.29, 1.82) is 0 Å². The second kappa shape index (κ2) is 11.4. The van der Waals surface area contributed by atoms with Crippen LogP contribution >= 0.6 is 0 Å². The lowest BCUT2D eigenvalue weighted by atomic mass is 10.0. The van der Waals surface area contributed by atoms with Gasteiger partial charge in [-0.05, 0) is 43.2 Å². The Morgan fingerprint density at radius 3 is 2.42 bits per heavy atom. The van der Waals surface area contributed by atoms with Crippen LogP contribution < -0.4 is 19.7 Å². The van der Waals surface area contributed by atoms with E-state index in [0.717, 1.165) is 24.2 Å². The Kier molecular flexibility index (Phi) is 8.29. The number of ether oxygens (including phenoxy) is 2. The molecule has 8 heteroatoms. The average Bonchev–Trinajstić information content (AvgIpc) is 3.26. The van der Waals surface area contributed by atoms with Crippen LogP contribution in [0.5, 0.6) is 11.5 Å². The van der Waals surface area contributed by atoms with Crippen molar-refractivity contribution in [2.75, 3.05) is 38.8 Å². The van der Waals surface area contributed by atoms with Crippen LogP contribution in [0.1, 0.15) is 37.8 Å². The highest BCUT2D eigenvalue weighted by Crippen LogP contribution is 2.27. The zero-order valence-electron chi connectivity index (χ0n) is 19.4. The van der Waals surface area contributed by atoms with E-state index in [0.29, 0.717) is 24.3 Å². The van der Waals surface area contributed by atoms with Crippen molar-refractivity contribution in [3.63, 3.8) is 0 Å². The number of para-hydroxylation sites is 1. The summed E-state index contributed by atoms with van der Waals surface area (Å²) >= 11 is 0. The van der Waals surface area contributed by atoms with Crippen LogP contribution in [0.15, 0.2) is 48.5 Å². The molecule has 1 N–H and O–H groups in total. The molecule has 0 spiro atoms. The number of hydrogen-bond acceptors (Lipinski definition) is 5. The number of anilines is 1. The molecule has 0 saturated carbocycles. The zero-order valence-corrected chi connectivity index (χ0v) is 19.4. The quantitative estimate of drug-likeness (QED) is 0.598. The van der Waals surface area contributed by atoms with Gasteiger partial charge >= 0.3 is 0 Å². The van der Waals surface area contributed by atoms with E-state index in [1.54, 1.807) is 37.2 Å². The van der Waals surface area contributed by atoms with Crippen molar-refractivity contribution in [1.82, 2.24) is 10.2 Å². The minimum atomic E-state index is -0.282. The third-order valence-corrected chi connectivity index (χ3v) is 5.48. The van der Waals surface area contributed by atoms with Crippen molar-refractivity contribution >= 4 is 23.4 Å². The van der Waals surface area contributed by atoms with Crippen LogP contribution in [-0.4, -0.2) is 56.5 Å². The maximum absolute atomic E-state index is 12.6. The summed E-state index contributed by atoms with van der Waals surface area (Å²) in [5, 5.41) is 2.97. The maximum atomic E-state index is 12.6. The van der Waals surface area contributed by atoms with Gasteiger partial charge in [-0.15, -0.1) is 0 Å². The molecule has 1 unspecified atom stereocenters. The summed E-state index contributed by atoms with van der Waals surface area (Å²) in [7, 11) is 3.35. The van der Waals surface area contributed by atoms with Gasteiger partial charge in [0.05, 0.1) is 6.04 Å². The number of hydrogen-bond donors (Lipinski definition) is 1. The first-order valence-corrected chi connectivity index (χ1v) is 11.1. The number of carbonyl (C=O) groups is 3. The molecule has 0 aromatic heterocycles. The van der Waals surface area contributed by atoms with E-state index < -0.39 is 0 Å². The fourth-order valence-corrected chi connectivity index (χ4v) is 3.60. The van der Waals surface area contributed by atoms with E-state index in [4.69, 9.17) is 9.47 Å². The first kappa shape index (κ1) is 24.1. The number of amides is 3. The number of likely N-dealkylation sites (N-methyl/N-ethyl adjacent to an activating group) is 1. The lowest BCUT2D eigenvalue weighted by Gasteiger charge is -2.21. The predicted octanol–water partition coefficient (Wildman–Crippen LogP) is 2.93. The van der Waals surface area contributed by atoms with Crippen molar-refractivity contribution in [3.8, 4) is 11.5 Å². The van der Waals surface area contributed by atoms with E-state index in [2.05, 4.69) is 5.32 Å². The maximum Gasteiger partial charge on any atom is 0.259 e. The van der Waals surface area contributed by atoms with Gasteiger partial charge in [0.2, 0.25) is 5.91 Å². The summed E-state index contributed by atoms with van der Waals surface area (Å²) in [6.07, 6.45) is 2.10. The Balaban J connectivity index is 1.56. The van der Waals surface area contributed by atoms with Crippen LogP contribution in [0.2, 0.25) is 0 Å². The van der Waals surface area contributed by atoms with Crippen molar-refractivity contribution in [2.45, 2.75) is 32.2 Å². The topological polar surface area (TPSA) is 88.2 Å². The van der Waals surface area contributed by atoms with Crippen LogP contribution in [-0.2, 0) is 14.4 Å². The highest BCUT2D eigenvalue weighted by molar-refractivity contribution is 5.95. The van der Waals surface area contributed by atoms with E-state index in [9.17, 15) is 14.4 Å². The molecule has 0 bridgehead atoms. The first-order valence-electron chi connectivity index (χ1n) is 11.1. The molecule has 0 aliphatic carbocycles. The molecule has 176 valence electrons. The van der Waals surface area contributed by atoms with Gasteiger partial charge in [-0.1, -0.05) is 25.1 Å². The summed E-state index contributed by atoms with van der Waals surface area (Å²) in [6.45, 7) is 2.48. The molecule has 2 aromatic rings. The minimum Gasteiger partial charge on any atom is -0.484 e. The van der Waals surface area contributed by atoms with Gasteiger partial charge < -0.3 is 24.6 Å². The monoisotopic (exact) mass is 453 g/mol. The van der Waals surface area contributed by atoms with Gasteiger partial charge in [0.1, 0.15) is 11.5 Å². The Morgan fingerprint density at radius 1 is 1.06 bits per heavy atom. The van der Waals surface area contributed by atoms with Crippen LogP contribution in [0.3, 0.4) is 0 Å². The Hall–Kier alpha value is -3.55. The number of benzene rings is 2.